The molecule has 2 aliphatic rings. The van der Waals surface area contributed by atoms with E-state index in [4.69, 9.17) is 9.47 Å². The highest BCUT2D eigenvalue weighted by atomic mass is 16.5. The zero-order chi connectivity index (χ0) is 21.6. The van der Waals surface area contributed by atoms with Crippen LogP contribution in [0.2, 0.25) is 0 Å². The molecule has 1 amide bonds. The summed E-state index contributed by atoms with van der Waals surface area (Å²) in [7, 11) is 1.60. The van der Waals surface area contributed by atoms with Crippen LogP contribution in [-0.4, -0.2) is 59.0 Å². The third-order valence-electron chi connectivity index (χ3n) is 6.09. The Morgan fingerprint density at radius 2 is 1.87 bits per heavy atom. The van der Waals surface area contributed by atoms with Crippen LogP contribution in [0.4, 0.5) is 0 Å². The number of rotatable bonds is 7. The third-order valence-corrected chi connectivity index (χ3v) is 6.09. The number of piperidine rings is 1. The van der Waals surface area contributed by atoms with Gasteiger partial charge >= 0.3 is 0 Å². The molecule has 0 spiro atoms. The van der Waals surface area contributed by atoms with E-state index < -0.39 is 0 Å². The molecular formula is C24H30N4O3. The molecule has 3 heterocycles. The lowest BCUT2D eigenvalue weighted by atomic mass is 9.96. The number of fused-ring (bicyclic) bond motifs is 1. The Labute approximate surface area is 183 Å². The van der Waals surface area contributed by atoms with Gasteiger partial charge in [0.15, 0.2) is 0 Å². The van der Waals surface area contributed by atoms with Gasteiger partial charge in [0.25, 0.3) is 5.91 Å². The number of unbranched alkanes of at least 4 members (excludes halogenated alkanes) is 1. The van der Waals surface area contributed by atoms with Crippen molar-refractivity contribution in [3.8, 4) is 11.5 Å². The largest absolute Gasteiger partial charge is 0.497 e. The summed E-state index contributed by atoms with van der Waals surface area (Å²) in [5, 5.41) is 0. The van der Waals surface area contributed by atoms with E-state index in [9.17, 15) is 4.79 Å². The molecule has 0 saturated carbocycles. The lowest BCUT2D eigenvalue weighted by Gasteiger charge is -2.31. The van der Waals surface area contributed by atoms with Gasteiger partial charge in [-0.25, -0.2) is 9.97 Å². The number of methoxy groups -OCH3 is 1. The molecule has 0 N–H and O–H groups in total. The lowest BCUT2D eigenvalue weighted by molar-refractivity contribution is 0.0803. The van der Waals surface area contributed by atoms with E-state index in [1.54, 1.807) is 31.6 Å². The molecule has 0 bridgehead atoms. The molecule has 4 rings (SSSR count). The molecule has 7 nitrogen and oxygen atoms in total. The van der Waals surface area contributed by atoms with Crippen LogP contribution in [0.5, 0.6) is 11.5 Å². The van der Waals surface area contributed by atoms with Crippen LogP contribution in [0.3, 0.4) is 0 Å². The van der Waals surface area contributed by atoms with Gasteiger partial charge in [0, 0.05) is 24.9 Å². The Morgan fingerprint density at radius 3 is 2.61 bits per heavy atom. The summed E-state index contributed by atoms with van der Waals surface area (Å²) in [6.07, 6.45) is 9.52. The van der Waals surface area contributed by atoms with Crippen molar-refractivity contribution in [2.45, 2.75) is 38.5 Å². The number of allylic oxidation sites excluding steroid dienone is 1. The fourth-order valence-corrected chi connectivity index (χ4v) is 4.24. The number of benzene rings is 1. The first-order chi connectivity index (χ1) is 15.2. The highest BCUT2D eigenvalue weighted by Crippen LogP contribution is 2.30. The summed E-state index contributed by atoms with van der Waals surface area (Å²) in [5.41, 5.74) is 1.36. The van der Waals surface area contributed by atoms with E-state index in [0.29, 0.717) is 29.5 Å². The molecule has 1 fully saturated rings. The molecule has 1 saturated heterocycles. The minimum atomic E-state index is -0.0381. The third kappa shape index (κ3) is 5.05. The predicted molar refractivity (Wildman–Crippen MR) is 118 cm³/mol. The van der Waals surface area contributed by atoms with Crippen LogP contribution in [0.25, 0.3) is 0 Å². The summed E-state index contributed by atoms with van der Waals surface area (Å²) >= 11 is 0. The minimum Gasteiger partial charge on any atom is -0.497 e. The van der Waals surface area contributed by atoms with Crippen molar-refractivity contribution in [3.05, 3.63) is 60.0 Å². The Kier molecular flexibility index (Phi) is 6.82. The topological polar surface area (TPSA) is 67.8 Å². The first-order valence-electron chi connectivity index (χ1n) is 11.0. The van der Waals surface area contributed by atoms with Crippen molar-refractivity contribution in [2.24, 2.45) is 0 Å². The van der Waals surface area contributed by atoms with Gasteiger partial charge in [-0.05, 0) is 76.5 Å². The maximum atomic E-state index is 13.1. The zero-order valence-corrected chi connectivity index (χ0v) is 18.3. The van der Waals surface area contributed by atoms with E-state index in [1.165, 1.54) is 0 Å². The van der Waals surface area contributed by atoms with Crippen molar-refractivity contribution in [3.63, 3.8) is 0 Å². The van der Waals surface area contributed by atoms with Crippen LogP contribution < -0.4 is 9.47 Å². The average molecular weight is 423 g/mol. The monoisotopic (exact) mass is 422 g/mol. The number of nitrogens with zero attached hydrogens (tertiary/aromatic N) is 4. The van der Waals surface area contributed by atoms with Crippen molar-refractivity contribution in [1.82, 2.24) is 19.8 Å². The first-order valence-corrected chi connectivity index (χ1v) is 11.0. The van der Waals surface area contributed by atoms with E-state index in [0.717, 1.165) is 56.8 Å². The molecule has 0 aliphatic carbocycles. The van der Waals surface area contributed by atoms with Gasteiger partial charge in [0.05, 0.1) is 18.4 Å². The van der Waals surface area contributed by atoms with Crippen LogP contribution in [-0.2, 0) is 0 Å². The zero-order valence-electron chi connectivity index (χ0n) is 18.3. The SMILES string of the molecule is COc1ccc2c(c1)C(=O)N(CCCCN1CCC(c3ncccn3)CC1)C(C)=CO2. The van der Waals surface area contributed by atoms with Gasteiger partial charge in [-0.2, -0.15) is 0 Å². The number of likely N-dealkylation sites (tertiary alicyclic amines) is 1. The summed E-state index contributed by atoms with van der Waals surface area (Å²) in [4.78, 5) is 26.3. The molecule has 2 aliphatic heterocycles. The smallest absolute Gasteiger partial charge is 0.262 e. The summed E-state index contributed by atoms with van der Waals surface area (Å²) in [6.45, 7) is 5.79. The second-order valence-corrected chi connectivity index (χ2v) is 8.13. The van der Waals surface area contributed by atoms with Gasteiger partial charge in [-0.15, -0.1) is 0 Å². The molecule has 1 aromatic heterocycles. The highest BCUT2D eigenvalue weighted by molar-refractivity contribution is 5.98. The minimum absolute atomic E-state index is 0.0381. The quantitative estimate of drug-likeness (QED) is 0.632. The van der Waals surface area contributed by atoms with Crippen molar-refractivity contribution >= 4 is 5.91 Å². The highest BCUT2D eigenvalue weighted by Gasteiger charge is 2.25. The van der Waals surface area contributed by atoms with Crippen LogP contribution in [0, 0.1) is 0 Å². The summed E-state index contributed by atoms with van der Waals surface area (Å²) in [6, 6.07) is 7.20. The van der Waals surface area contributed by atoms with Crippen molar-refractivity contribution in [1.29, 1.82) is 0 Å². The second-order valence-electron chi connectivity index (χ2n) is 8.13. The molecule has 0 atom stereocenters. The first kappa shape index (κ1) is 21.3. The second kappa shape index (κ2) is 9.92. The number of amides is 1. The number of carbonyl (C=O) groups is 1. The van der Waals surface area contributed by atoms with E-state index in [2.05, 4.69) is 14.9 Å². The molecular weight excluding hydrogens is 392 g/mol. The van der Waals surface area contributed by atoms with Gasteiger partial charge in [-0.3, -0.25) is 4.79 Å². The molecule has 31 heavy (non-hydrogen) atoms. The standard InChI is InChI=1S/C24H30N4O3/c1-18-17-31-22-7-6-20(30-2)16-21(22)24(29)28(18)13-4-3-12-27-14-8-19(9-15-27)23-25-10-5-11-26-23/h5-7,10-11,16-17,19H,3-4,8-9,12-15H2,1-2H3. The molecule has 7 heteroatoms. The number of aromatic nitrogens is 2. The Balaban J connectivity index is 1.26. The maximum absolute atomic E-state index is 13.1. The number of ether oxygens (including phenoxy) is 2. The maximum Gasteiger partial charge on any atom is 0.262 e. The average Bonchev–Trinajstić information content (AvgIpc) is 2.94. The van der Waals surface area contributed by atoms with Crippen molar-refractivity contribution in [2.75, 3.05) is 33.3 Å². The van der Waals surface area contributed by atoms with E-state index >= 15 is 0 Å². The van der Waals surface area contributed by atoms with Crippen LogP contribution in [0.1, 0.15) is 54.7 Å². The molecule has 0 unspecified atom stereocenters. The lowest BCUT2D eigenvalue weighted by Crippen LogP contribution is -2.35. The molecule has 2 aromatic rings. The predicted octanol–water partition coefficient (Wildman–Crippen LogP) is 3.84. The fourth-order valence-electron chi connectivity index (χ4n) is 4.24. The number of hydrogen-bond donors (Lipinski definition) is 0. The molecule has 1 aromatic carbocycles. The van der Waals surface area contributed by atoms with Gasteiger partial charge in [0.2, 0.25) is 0 Å². The van der Waals surface area contributed by atoms with E-state index in [1.807, 2.05) is 30.3 Å². The van der Waals surface area contributed by atoms with E-state index in [-0.39, 0.29) is 5.91 Å². The number of hydrogen-bond acceptors (Lipinski definition) is 6. The summed E-state index contributed by atoms with van der Waals surface area (Å²) < 4.78 is 11.0. The fraction of sp³-hybridized carbons (Fsp3) is 0.458. The van der Waals surface area contributed by atoms with Crippen LogP contribution in [0.15, 0.2) is 48.6 Å². The Hall–Kier alpha value is -2.93. The molecule has 0 radical (unpaired) electrons. The van der Waals surface area contributed by atoms with Gasteiger partial charge in [-0.1, -0.05) is 0 Å². The normalized spacial score (nSPS) is 17.5. The Bertz CT molecular complexity index is 924. The summed E-state index contributed by atoms with van der Waals surface area (Å²) in [5.74, 6) is 2.63. The van der Waals surface area contributed by atoms with Gasteiger partial charge < -0.3 is 19.3 Å². The Morgan fingerprint density at radius 1 is 1.13 bits per heavy atom. The molecule has 164 valence electrons. The van der Waals surface area contributed by atoms with Crippen molar-refractivity contribution < 1.29 is 14.3 Å². The van der Waals surface area contributed by atoms with Crippen LogP contribution >= 0.6 is 0 Å². The number of carbonyl (C=O) groups excluding carboxylic acids is 1. The van der Waals surface area contributed by atoms with Gasteiger partial charge in [0.1, 0.15) is 23.6 Å².